The monoisotopic (exact) mass is 321 g/mol. The highest BCUT2D eigenvalue weighted by molar-refractivity contribution is 6.09. The number of rotatable bonds is 4. The summed E-state index contributed by atoms with van der Waals surface area (Å²) < 4.78 is 13.3. The molecular weight excluding hydrogens is 301 g/mol. The van der Waals surface area contributed by atoms with Crippen LogP contribution in [0.25, 0.3) is 21.9 Å². The molecule has 0 unspecified atom stereocenters. The first kappa shape index (κ1) is 16.2. The maximum atomic E-state index is 13.3. The summed E-state index contributed by atoms with van der Waals surface area (Å²) in [6.07, 6.45) is 0. The predicted molar refractivity (Wildman–Crippen MR) is 96.6 cm³/mol. The number of carbonyl (C=O) groups is 1. The van der Waals surface area contributed by atoms with Crippen LogP contribution in [0.4, 0.5) is 4.39 Å². The number of hydrogen-bond donors (Lipinski definition) is 0. The van der Waals surface area contributed by atoms with Crippen LogP contribution in [0.2, 0.25) is 0 Å². The van der Waals surface area contributed by atoms with Gasteiger partial charge in [-0.15, -0.1) is 0 Å². The van der Waals surface area contributed by atoms with Crippen molar-refractivity contribution in [3.63, 3.8) is 0 Å². The van der Waals surface area contributed by atoms with Gasteiger partial charge < -0.3 is 4.90 Å². The molecule has 0 atom stereocenters. The Morgan fingerprint density at radius 1 is 0.917 bits per heavy atom. The van der Waals surface area contributed by atoms with Crippen LogP contribution in [0, 0.1) is 5.82 Å². The Morgan fingerprint density at radius 2 is 1.58 bits per heavy atom. The summed E-state index contributed by atoms with van der Waals surface area (Å²) in [5.41, 5.74) is 2.37. The van der Waals surface area contributed by atoms with Crippen LogP contribution in [-0.2, 0) is 0 Å². The van der Waals surface area contributed by atoms with E-state index < -0.39 is 0 Å². The molecular formula is C21H20FNO. The van der Waals surface area contributed by atoms with Crippen molar-refractivity contribution in [3.05, 3.63) is 72.0 Å². The largest absolute Gasteiger partial charge is 0.339 e. The molecule has 3 rings (SSSR count). The molecule has 0 saturated carbocycles. The number of nitrogens with zero attached hydrogens (tertiary/aromatic N) is 1. The van der Waals surface area contributed by atoms with Crippen molar-refractivity contribution in [2.75, 3.05) is 13.1 Å². The molecule has 0 radical (unpaired) electrons. The Labute approximate surface area is 141 Å². The average Bonchev–Trinajstić information content (AvgIpc) is 2.62. The van der Waals surface area contributed by atoms with Crippen molar-refractivity contribution in [1.82, 2.24) is 4.90 Å². The van der Waals surface area contributed by atoms with Crippen LogP contribution in [-0.4, -0.2) is 23.9 Å². The molecule has 0 aliphatic rings. The van der Waals surface area contributed by atoms with Crippen molar-refractivity contribution < 1.29 is 9.18 Å². The Morgan fingerprint density at radius 3 is 2.25 bits per heavy atom. The van der Waals surface area contributed by atoms with E-state index in [1.165, 1.54) is 12.1 Å². The fourth-order valence-corrected chi connectivity index (χ4v) is 3.06. The van der Waals surface area contributed by atoms with E-state index in [4.69, 9.17) is 0 Å². The molecule has 0 heterocycles. The zero-order valence-electron chi connectivity index (χ0n) is 13.9. The highest BCUT2D eigenvalue weighted by Gasteiger charge is 2.19. The van der Waals surface area contributed by atoms with Crippen molar-refractivity contribution in [2.45, 2.75) is 13.8 Å². The minimum Gasteiger partial charge on any atom is -0.339 e. The Bertz CT molecular complexity index is 867. The van der Waals surface area contributed by atoms with Crippen LogP contribution in [0.5, 0.6) is 0 Å². The lowest BCUT2D eigenvalue weighted by Crippen LogP contribution is -2.30. The summed E-state index contributed by atoms with van der Waals surface area (Å²) in [5.74, 6) is -0.277. The summed E-state index contributed by atoms with van der Waals surface area (Å²) in [6.45, 7) is 5.26. The van der Waals surface area contributed by atoms with Gasteiger partial charge in [0.15, 0.2) is 0 Å². The van der Waals surface area contributed by atoms with Gasteiger partial charge in [-0.2, -0.15) is 0 Å². The predicted octanol–water partition coefficient (Wildman–Crippen LogP) is 5.13. The molecule has 3 heteroatoms. The molecule has 3 aromatic carbocycles. The van der Waals surface area contributed by atoms with Gasteiger partial charge in [0.1, 0.15) is 5.82 Å². The summed E-state index contributed by atoms with van der Waals surface area (Å²) in [4.78, 5) is 14.8. The number of benzene rings is 3. The smallest absolute Gasteiger partial charge is 0.254 e. The molecule has 24 heavy (non-hydrogen) atoms. The van der Waals surface area contributed by atoms with E-state index in [2.05, 4.69) is 0 Å². The molecule has 0 aliphatic heterocycles. The Kier molecular flexibility index (Phi) is 4.61. The van der Waals surface area contributed by atoms with Gasteiger partial charge >= 0.3 is 0 Å². The summed E-state index contributed by atoms with van der Waals surface area (Å²) in [7, 11) is 0. The maximum Gasteiger partial charge on any atom is 0.254 e. The number of halogens is 1. The first-order valence-electron chi connectivity index (χ1n) is 8.22. The molecule has 0 aliphatic carbocycles. The SMILES string of the molecule is CCN(CC)C(=O)c1ccc2ccccc2c1-c1ccc(F)cc1. The van der Waals surface area contributed by atoms with Gasteiger partial charge in [0.2, 0.25) is 0 Å². The minimum atomic E-state index is -0.282. The summed E-state index contributed by atoms with van der Waals surface area (Å²) in [6, 6.07) is 18.1. The van der Waals surface area contributed by atoms with Crippen LogP contribution < -0.4 is 0 Å². The fourth-order valence-electron chi connectivity index (χ4n) is 3.06. The van der Waals surface area contributed by atoms with Crippen LogP contribution >= 0.6 is 0 Å². The molecule has 2 nitrogen and oxygen atoms in total. The molecule has 0 saturated heterocycles. The number of hydrogen-bond acceptors (Lipinski definition) is 1. The summed E-state index contributed by atoms with van der Waals surface area (Å²) >= 11 is 0. The highest BCUT2D eigenvalue weighted by atomic mass is 19.1. The van der Waals surface area contributed by atoms with Gasteiger partial charge in [-0.05, 0) is 48.4 Å². The zero-order valence-corrected chi connectivity index (χ0v) is 13.9. The molecule has 3 aromatic rings. The van der Waals surface area contributed by atoms with Gasteiger partial charge in [-0.3, -0.25) is 4.79 Å². The molecule has 0 fully saturated rings. The third-order valence-corrected chi connectivity index (χ3v) is 4.34. The quantitative estimate of drug-likeness (QED) is 0.652. The normalized spacial score (nSPS) is 10.8. The van der Waals surface area contributed by atoms with E-state index in [0.29, 0.717) is 18.7 Å². The molecule has 0 aromatic heterocycles. The first-order valence-corrected chi connectivity index (χ1v) is 8.22. The second-order valence-electron chi connectivity index (χ2n) is 5.69. The standard InChI is InChI=1S/C21H20FNO/c1-3-23(4-2)21(24)19-14-11-15-7-5-6-8-18(15)20(19)16-9-12-17(22)13-10-16/h5-14H,3-4H2,1-2H3. The van der Waals surface area contributed by atoms with Crippen molar-refractivity contribution in [2.24, 2.45) is 0 Å². The summed E-state index contributed by atoms with van der Waals surface area (Å²) in [5, 5.41) is 2.06. The maximum absolute atomic E-state index is 13.3. The highest BCUT2D eigenvalue weighted by Crippen LogP contribution is 2.33. The molecule has 0 N–H and O–H groups in total. The lowest BCUT2D eigenvalue weighted by atomic mass is 9.92. The third-order valence-electron chi connectivity index (χ3n) is 4.34. The van der Waals surface area contributed by atoms with E-state index in [-0.39, 0.29) is 11.7 Å². The van der Waals surface area contributed by atoms with E-state index in [9.17, 15) is 9.18 Å². The van der Waals surface area contributed by atoms with E-state index in [0.717, 1.165) is 21.9 Å². The molecule has 0 spiro atoms. The first-order chi connectivity index (χ1) is 11.7. The molecule has 1 amide bonds. The average molecular weight is 321 g/mol. The van der Waals surface area contributed by atoms with Crippen LogP contribution in [0.15, 0.2) is 60.7 Å². The fraction of sp³-hybridized carbons (Fsp3) is 0.190. The van der Waals surface area contributed by atoms with E-state index >= 15 is 0 Å². The van der Waals surface area contributed by atoms with Gasteiger partial charge in [-0.1, -0.05) is 42.5 Å². The lowest BCUT2D eigenvalue weighted by Gasteiger charge is -2.21. The second-order valence-corrected chi connectivity index (χ2v) is 5.69. The van der Waals surface area contributed by atoms with Gasteiger partial charge in [0.05, 0.1) is 0 Å². The number of fused-ring (bicyclic) bond motifs is 1. The van der Waals surface area contributed by atoms with Crippen LogP contribution in [0.1, 0.15) is 24.2 Å². The van der Waals surface area contributed by atoms with Crippen molar-refractivity contribution >= 4 is 16.7 Å². The Hall–Kier alpha value is -2.68. The zero-order chi connectivity index (χ0) is 17.1. The molecule has 0 bridgehead atoms. The number of carbonyl (C=O) groups excluding carboxylic acids is 1. The van der Waals surface area contributed by atoms with Gasteiger partial charge in [-0.25, -0.2) is 4.39 Å². The van der Waals surface area contributed by atoms with Gasteiger partial charge in [0.25, 0.3) is 5.91 Å². The minimum absolute atomic E-state index is 0.00470. The third kappa shape index (κ3) is 2.90. The van der Waals surface area contributed by atoms with E-state index in [1.807, 2.05) is 50.2 Å². The van der Waals surface area contributed by atoms with Crippen LogP contribution in [0.3, 0.4) is 0 Å². The van der Waals surface area contributed by atoms with Gasteiger partial charge in [0, 0.05) is 24.2 Å². The van der Waals surface area contributed by atoms with E-state index in [1.54, 1.807) is 17.0 Å². The van der Waals surface area contributed by atoms with Crippen molar-refractivity contribution in [3.8, 4) is 11.1 Å². The topological polar surface area (TPSA) is 20.3 Å². The molecule has 122 valence electrons. The van der Waals surface area contributed by atoms with Crippen molar-refractivity contribution in [1.29, 1.82) is 0 Å². The number of amides is 1. The second kappa shape index (κ2) is 6.83. The Balaban J connectivity index is 2.27. The lowest BCUT2D eigenvalue weighted by molar-refractivity contribution is 0.0774.